The molecule has 0 saturated carbocycles. The van der Waals surface area contributed by atoms with Crippen LogP contribution in [0.1, 0.15) is 13.3 Å². The second kappa shape index (κ2) is 5.35. The molecule has 0 aliphatic carbocycles. The molecule has 0 radical (unpaired) electrons. The normalized spacial score (nSPS) is 16.5. The van der Waals surface area contributed by atoms with Crippen molar-refractivity contribution in [3.63, 3.8) is 0 Å². The van der Waals surface area contributed by atoms with Gasteiger partial charge in [-0.15, -0.1) is 0 Å². The van der Waals surface area contributed by atoms with Crippen LogP contribution in [-0.2, 0) is 4.74 Å². The number of hydrogen-bond acceptors (Lipinski definition) is 1. The molecule has 0 saturated heterocycles. The molecule has 0 heterocycles. The quantitative estimate of drug-likeness (QED) is 0.459. The van der Waals surface area contributed by atoms with Gasteiger partial charge in [0.25, 0.3) is 6.43 Å². The van der Waals surface area contributed by atoms with Crippen molar-refractivity contribution in [1.82, 2.24) is 0 Å². The van der Waals surface area contributed by atoms with Crippen LogP contribution in [0.25, 0.3) is 0 Å². The molecule has 74 valence electrons. The Kier molecular flexibility index (Phi) is 5.20. The minimum absolute atomic E-state index is 0.335. The van der Waals surface area contributed by atoms with E-state index < -0.39 is 25.4 Å². The van der Waals surface area contributed by atoms with Crippen LogP contribution in [0.15, 0.2) is 0 Å². The minimum Gasteiger partial charge on any atom is -0.375 e. The van der Waals surface area contributed by atoms with E-state index in [2.05, 4.69) is 4.74 Å². The van der Waals surface area contributed by atoms with Crippen LogP contribution in [0.4, 0.5) is 17.6 Å². The molecule has 5 heteroatoms. The van der Waals surface area contributed by atoms with Gasteiger partial charge in [-0.2, -0.15) is 0 Å². The molecular weight excluding hydrogens is 176 g/mol. The van der Waals surface area contributed by atoms with Crippen molar-refractivity contribution in [3.05, 3.63) is 0 Å². The van der Waals surface area contributed by atoms with E-state index in [4.69, 9.17) is 0 Å². The fraction of sp³-hybridized carbons (Fsp3) is 1.00. The SMILES string of the molecule is CCC(F)(COCCF)C(F)F. The van der Waals surface area contributed by atoms with Gasteiger partial charge in [0.1, 0.15) is 6.67 Å². The highest BCUT2D eigenvalue weighted by molar-refractivity contribution is 4.79. The van der Waals surface area contributed by atoms with Gasteiger partial charge in [-0.1, -0.05) is 6.92 Å². The maximum absolute atomic E-state index is 13.0. The molecule has 0 fully saturated rings. The van der Waals surface area contributed by atoms with E-state index in [1.807, 2.05) is 0 Å². The lowest BCUT2D eigenvalue weighted by molar-refractivity contribution is -0.0887. The van der Waals surface area contributed by atoms with E-state index in [9.17, 15) is 17.6 Å². The Hall–Kier alpha value is -0.320. The highest BCUT2D eigenvalue weighted by Crippen LogP contribution is 2.24. The summed E-state index contributed by atoms with van der Waals surface area (Å²) in [7, 11) is 0. The standard InChI is InChI=1S/C7H12F4O/c1-2-7(11,6(9)10)5-12-4-3-8/h6H,2-5H2,1H3. The Bertz CT molecular complexity index is 120. The van der Waals surface area contributed by atoms with Gasteiger partial charge in [0, 0.05) is 0 Å². The van der Waals surface area contributed by atoms with Crippen LogP contribution in [0, 0.1) is 0 Å². The molecule has 0 aromatic heterocycles. The van der Waals surface area contributed by atoms with Crippen molar-refractivity contribution in [3.8, 4) is 0 Å². The number of ether oxygens (including phenoxy) is 1. The molecule has 1 unspecified atom stereocenters. The lowest BCUT2D eigenvalue weighted by Gasteiger charge is -2.21. The summed E-state index contributed by atoms with van der Waals surface area (Å²) in [5.74, 6) is 0. The van der Waals surface area contributed by atoms with Crippen LogP contribution in [0.3, 0.4) is 0 Å². The average Bonchev–Trinajstić information content (AvgIpc) is 2.04. The lowest BCUT2D eigenvalue weighted by atomic mass is 10.1. The lowest BCUT2D eigenvalue weighted by Crippen LogP contribution is -2.37. The Labute approximate surface area is 68.7 Å². The maximum atomic E-state index is 13.0. The number of alkyl halides is 4. The molecular formula is C7H12F4O. The first kappa shape index (κ1) is 11.7. The van der Waals surface area contributed by atoms with E-state index in [1.54, 1.807) is 0 Å². The maximum Gasteiger partial charge on any atom is 0.274 e. The Balaban J connectivity index is 3.80. The Morgan fingerprint density at radius 3 is 2.33 bits per heavy atom. The molecule has 0 bridgehead atoms. The molecule has 0 rings (SSSR count). The van der Waals surface area contributed by atoms with Gasteiger partial charge in [-0.25, -0.2) is 17.6 Å². The predicted octanol–water partition coefficient (Wildman–Crippen LogP) is 2.36. The molecule has 0 spiro atoms. The third kappa shape index (κ3) is 3.38. The van der Waals surface area contributed by atoms with Crippen molar-refractivity contribution in [2.45, 2.75) is 25.4 Å². The molecule has 12 heavy (non-hydrogen) atoms. The van der Waals surface area contributed by atoms with E-state index in [-0.39, 0.29) is 13.0 Å². The average molecular weight is 188 g/mol. The van der Waals surface area contributed by atoms with E-state index in [1.165, 1.54) is 6.92 Å². The summed E-state index contributed by atoms with van der Waals surface area (Å²) in [6, 6.07) is 0. The fourth-order valence-electron chi connectivity index (χ4n) is 0.616. The fourth-order valence-corrected chi connectivity index (χ4v) is 0.616. The van der Waals surface area contributed by atoms with E-state index >= 15 is 0 Å². The van der Waals surface area contributed by atoms with Crippen molar-refractivity contribution in [2.24, 2.45) is 0 Å². The van der Waals surface area contributed by atoms with E-state index in [0.717, 1.165) is 0 Å². The monoisotopic (exact) mass is 188 g/mol. The summed E-state index contributed by atoms with van der Waals surface area (Å²) in [5, 5.41) is 0. The van der Waals surface area contributed by atoms with Gasteiger partial charge in [-0.3, -0.25) is 0 Å². The zero-order chi connectivity index (χ0) is 9.61. The zero-order valence-corrected chi connectivity index (χ0v) is 6.83. The number of halogens is 4. The third-order valence-corrected chi connectivity index (χ3v) is 1.54. The predicted molar refractivity (Wildman–Crippen MR) is 36.9 cm³/mol. The summed E-state index contributed by atoms with van der Waals surface area (Å²) in [6.07, 6.45) is -3.42. The molecule has 1 nitrogen and oxygen atoms in total. The van der Waals surface area contributed by atoms with Gasteiger partial charge in [-0.05, 0) is 6.42 Å². The molecule has 0 aliphatic rings. The number of hydrogen-bond donors (Lipinski definition) is 0. The molecule has 0 aromatic rings. The first-order valence-corrected chi connectivity index (χ1v) is 3.67. The second-order valence-electron chi connectivity index (χ2n) is 2.43. The molecule has 0 N–H and O–H groups in total. The van der Waals surface area contributed by atoms with Crippen molar-refractivity contribution in [1.29, 1.82) is 0 Å². The molecule has 1 atom stereocenters. The second-order valence-corrected chi connectivity index (χ2v) is 2.43. The smallest absolute Gasteiger partial charge is 0.274 e. The van der Waals surface area contributed by atoms with E-state index in [0.29, 0.717) is 0 Å². The third-order valence-electron chi connectivity index (χ3n) is 1.54. The Morgan fingerprint density at radius 1 is 1.42 bits per heavy atom. The summed E-state index contributed by atoms with van der Waals surface area (Å²) < 4.78 is 52.7. The first-order chi connectivity index (χ1) is 5.56. The first-order valence-electron chi connectivity index (χ1n) is 3.67. The van der Waals surface area contributed by atoms with Gasteiger partial charge in [0.15, 0.2) is 5.67 Å². The van der Waals surface area contributed by atoms with Crippen molar-refractivity contribution in [2.75, 3.05) is 19.9 Å². The Morgan fingerprint density at radius 2 is 2.00 bits per heavy atom. The van der Waals surface area contributed by atoms with Gasteiger partial charge >= 0.3 is 0 Å². The summed E-state index contributed by atoms with van der Waals surface area (Å²) in [5.41, 5.74) is -2.63. The van der Waals surface area contributed by atoms with Crippen molar-refractivity contribution < 1.29 is 22.3 Å². The summed E-state index contributed by atoms with van der Waals surface area (Å²) in [4.78, 5) is 0. The van der Waals surface area contributed by atoms with Crippen LogP contribution in [0.5, 0.6) is 0 Å². The molecule has 0 aromatic carbocycles. The van der Waals surface area contributed by atoms with Gasteiger partial charge in [0.2, 0.25) is 0 Å². The molecule has 0 aliphatic heterocycles. The summed E-state index contributed by atoms with van der Waals surface area (Å²) >= 11 is 0. The van der Waals surface area contributed by atoms with Crippen LogP contribution >= 0.6 is 0 Å². The molecule has 0 amide bonds. The largest absolute Gasteiger partial charge is 0.375 e. The van der Waals surface area contributed by atoms with Crippen molar-refractivity contribution >= 4 is 0 Å². The summed E-state index contributed by atoms with van der Waals surface area (Å²) in [6.45, 7) is -0.572. The highest BCUT2D eigenvalue weighted by Gasteiger charge is 2.38. The minimum atomic E-state index is -3.08. The highest BCUT2D eigenvalue weighted by atomic mass is 19.3. The van der Waals surface area contributed by atoms with Crippen LogP contribution in [0.2, 0.25) is 0 Å². The van der Waals surface area contributed by atoms with Crippen LogP contribution < -0.4 is 0 Å². The zero-order valence-electron chi connectivity index (χ0n) is 6.83. The van der Waals surface area contributed by atoms with Gasteiger partial charge < -0.3 is 4.74 Å². The van der Waals surface area contributed by atoms with Gasteiger partial charge in [0.05, 0.1) is 13.2 Å². The number of rotatable bonds is 6. The van der Waals surface area contributed by atoms with Crippen LogP contribution in [-0.4, -0.2) is 32.0 Å². The topological polar surface area (TPSA) is 9.23 Å².